The van der Waals surface area contributed by atoms with Crippen LogP contribution in [0.5, 0.6) is 0 Å². The summed E-state index contributed by atoms with van der Waals surface area (Å²) in [4.78, 5) is 4.70. The van der Waals surface area contributed by atoms with E-state index in [9.17, 15) is 0 Å². The Morgan fingerprint density at radius 3 is 2.00 bits per heavy atom. The Bertz CT molecular complexity index is 2060. The van der Waals surface area contributed by atoms with Gasteiger partial charge in [-0.1, -0.05) is 53.2 Å². The number of rotatable bonds is 3. The summed E-state index contributed by atoms with van der Waals surface area (Å²) in [6.07, 6.45) is 6.75. The Kier molecular flexibility index (Phi) is 4.22. The molecule has 0 aliphatic carbocycles. The van der Waals surface area contributed by atoms with E-state index in [1.54, 1.807) is 0 Å². The average molecular weight is 477 g/mol. The quantitative estimate of drug-likeness (QED) is 0.245. The van der Waals surface area contributed by atoms with E-state index in [2.05, 4.69) is 111 Å². The highest BCUT2D eigenvalue weighted by molar-refractivity contribution is 6.12. The molecule has 37 heavy (non-hydrogen) atoms. The minimum Gasteiger partial charge on any atom is -0.309 e. The lowest BCUT2D eigenvalue weighted by atomic mass is 10.1. The van der Waals surface area contributed by atoms with Crippen molar-refractivity contribution in [1.82, 2.24) is 14.1 Å². The monoisotopic (exact) mass is 476 g/mol. The first-order chi connectivity index (χ1) is 18.4. The predicted octanol–water partition coefficient (Wildman–Crippen LogP) is 7.38. The Labute approximate surface area is 212 Å². The number of benzene rings is 4. The molecule has 0 amide bonds. The summed E-state index contributed by atoms with van der Waals surface area (Å²) in [7, 11) is 0. The molecule has 1 aliphatic rings. The van der Waals surface area contributed by atoms with Gasteiger partial charge < -0.3 is 4.57 Å². The Morgan fingerprint density at radius 2 is 1.27 bits per heavy atom. The molecule has 0 saturated heterocycles. The van der Waals surface area contributed by atoms with Gasteiger partial charge in [-0.15, -0.1) is 0 Å². The number of hydrogen-bond acceptors (Lipinski definition) is 2. The van der Waals surface area contributed by atoms with E-state index >= 15 is 0 Å². The van der Waals surface area contributed by atoms with Gasteiger partial charge in [0.15, 0.2) is 6.21 Å². The molecule has 0 saturated carbocycles. The number of aromatic nitrogens is 3. The smallest absolute Gasteiger partial charge is 0.239 e. The molecule has 0 bridgehead atoms. The lowest BCUT2D eigenvalue weighted by Gasteiger charge is -2.10. The van der Waals surface area contributed by atoms with E-state index in [1.165, 1.54) is 27.1 Å². The number of para-hydroxylation sites is 2. The average Bonchev–Trinajstić information content (AvgIpc) is 3.68. The second-order valence-corrected chi connectivity index (χ2v) is 9.36. The van der Waals surface area contributed by atoms with Crippen molar-refractivity contribution in [3.8, 4) is 11.5 Å². The SMILES string of the molecule is C1=N[N+](c2ccc3c4ccccc4n(-c4ccc5c6ccccc6n(-c6ccccn6)c5c4)c3c2)=CC1. The van der Waals surface area contributed by atoms with Crippen molar-refractivity contribution in [1.29, 1.82) is 0 Å². The molecule has 3 aromatic heterocycles. The summed E-state index contributed by atoms with van der Waals surface area (Å²) in [6.45, 7) is 0. The lowest BCUT2D eigenvalue weighted by molar-refractivity contribution is -0.436. The molecule has 0 atom stereocenters. The molecule has 0 spiro atoms. The summed E-state index contributed by atoms with van der Waals surface area (Å²) in [5, 5.41) is 9.42. The zero-order valence-electron chi connectivity index (χ0n) is 20.0. The van der Waals surface area contributed by atoms with E-state index in [0.29, 0.717) is 0 Å². The van der Waals surface area contributed by atoms with Gasteiger partial charge in [0.25, 0.3) is 0 Å². The van der Waals surface area contributed by atoms with E-state index in [-0.39, 0.29) is 0 Å². The van der Waals surface area contributed by atoms with Crippen molar-refractivity contribution in [3.05, 3.63) is 109 Å². The molecule has 4 heterocycles. The maximum absolute atomic E-state index is 4.70. The van der Waals surface area contributed by atoms with Crippen LogP contribution in [0.2, 0.25) is 0 Å². The van der Waals surface area contributed by atoms with Gasteiger partial charge >= 0.3 is 0 Å². The van der Waals surface area contributed by atoms with Gasteiger partial charge in [-0.3, -0.25) is 4.57 Å². The van der Waals surface area contributed by atoms with Gasteiger partial charge in [0, 0.05) is 45.6 Å². The van der Waals surface area contributed by atoms with Crippen LogP contribution in [0.1, 0.15) is 6.42 Å². The van der Waals surface area contributed by atoms with E-state index in [0.717, 1.165) is 40.2 Å². The topological polar surface area (TPSA) is 38.1 Å². The third-order valence-electron chi connectivity index (χ3n) is 7.31. The molecule has 0 unspecified atom stereocenters. The van der Waals surface area contributed by atoms with Crippen LogP contribution in [0, 0.1) is 0 Å². The molecule has 0 fully saturated rings. The van der Waals surface area contributed by atoms with Crippen LogP contribution in [0.3, 0.4) is 0 Å². The van der Waals surface area contributed by atoms with Crippen molar-refractivity contribution < 1.29 is 4.68 Å². The number of pyridine rings is 1. The first-order valence-corrected chi connectivity index (χ1v) is 12.5. The van der Waals surface area contributed by atoms with Crippen LogP contribution >= 0.6 is 0 Å². The van der Waals surface area contributed by atoms with Crippen LogP contribution < -0.4 is 0 Å². The molecule has 5 heteroatoms. The molecule has 7 aromatic rings. The van der Waals surface area contributed by atoms with Crippen LogP contribution in [-0.2, 0) is 0 Å². The summed E-state index contributed by atoms with van der Waals surface area (Å²) in [5.41, 5.74) is 6.81. The molecule has 0 radical (unpaired) electrons. The van der Waals surface area contributed by atoms with Crippen LogP contribution in [0.4, 0.5) is 5.69 Å². The van der Waals surface area contributed by atoms with Gasteiger partial charge in [0.2, 0.25) is 5.69 Å². The van der Waals surface area contributed by atoms with Crippen molar-refractivity contribution in [2.45, 2.75) is 6.42 Å². The van der Waals surface area contributed by atoms with Crippen molar-refractivity contribution >= 4 is 61.7 Å². The first-order valence-electron chi connectivity index (χ1n) is 12.5. The highest BCUT2D eigenvalue weighted by Gasteiger charge is 2.19. The minimum atomic E-state index is 0.857. The zero-order valence-corrected chi connectivity index (χ0v) is 20.0. The Hall–Kier alpha value is -5.03. The number of nitrogens with zero attached hydrogens (tertiary/aromatic N) is 5. The molecule has 4 aromatic carbocycles. The molecule has 174 valence electrons. The lowest BCUT2D eigenvalue weighted by Crippen LogP contribution is -1.99. The molecular weight excluding hydrogens is 454 g/mol. The summed E-state index contributed by atoms with van der Waals surface area (Å²) < 4.78 is 6.60. The summed E-state index contributed by atoms with van der Waals surface area (Å²) in [5.74, 6) is 0.915. The standard InChI is InChI=1S/C32H22N5/c1-3-10-28-24(8-1)26-15-13-22(35-19-7-18-34-35)20-30(26)36(28)23-14-16-27-25-9-2-4-11-29(25)37(31(27)21-23)32-12-5-6-17-33-32/h1-6,8-21H,7H2/q+1. The zero-order chi connectivity index (χ0) is 24.3. The normalized spacial score (nSPS) is 13.4. The maximum atomic E-state index is 4.70. The fourth-order valence-corrected chi connectivity index (χ4v) is 5.71. The Balaban J connectivity index is 1.46. The van der Waals surface area contributed by atoms with E-state index < -0.39 is 0 Å². The molecule has 8 rings (SSSR count). The molecule has 0 N–H and O–H groups in total. The minimum absolute atomic E-state index is 0.857. The third-order valence-corrected chi connectivity index (χ3v) is 7.31. The first kappa shape index (κ1) is 20.2. The third kappa shape index (κ3) is 2.94. The highest BCUT2D eigenvalue weighted by Crippen LogP contribution is 2.37. The summed E-state index contributed by atoms with van der Waals surface area (Å²) >= 11 is 0. The maximum Gasteiger partial charge on any atom is 0.239 e. The van der Waals surface area contributed by atoms with Crippen LogP contribution in [0.25, 0.3) is 55.1 Å². The second-order valence-electron chi connectivity index (χ2n) is 9.36. The number of hydrazone groups is 1. The van der Waals surface area contributed by atoms with Crippen molar-refractivity contribution in [3.63, 3.8) is 0 Å². The molecule has 5 nitrogen and oxygen atoms in total. The summed E-state index contributed by atoms with van der Waals surface area (Å²) in [6, 6.07) is 36.6. The predicted molar refractivity (Wildman–Crippen MR) is 152 cm³/mol. The largest absolute Gasteiger partial charge is 0.309 e. The van der Waals surface area contributed by atoms with Crippen LogP contribution in [-0.4, -0.2) is 31.2 Å². The van der Waals surface area contributed by atoms with Gasteiger partial charge in [-0.05, 0) is 47.6 Å². The number of hydrogen-bond donors (Lipinski definition) is 0. The van der Waals surface area contributed by atoms with Crippen LogP contribution in [0.15, 0.2) is 114 Å². The highest BCUT2D eigenvalue weighted by atomic mass is 15.4. The Morgan fingerprint density at radius 1 is 0.595 bits per heavy atom. The number of fused-ring (bicyclic) bond motifs is 6. The molecule has 1 aliphatic heterocycles. The second kappa shape index (κ2) is 7.73. The fourth-order valence-electron chi connectivity index (χ4n) is 5.71. The van der Waals surface area contributed by atoms with Gasteiger partial charge in [-0.25, -0.2) is 4.98 Å². The fraction of sp³-hybridized carbons (Fsp3) is 0.0312. The van der Waals surface area contributed by atoms with Gasteiger partial charge in [0.1, 0.15) is 5.82 Å². The van der Waals surface area contributed by atoms with E-state index in [1.807, 2.05) is 29.2 Å². The van der Waals surface area contributed by atoms with Gasteiger partial charge in [0.05, 0.1) is 34.7 Å². The molecular formula is C32H22N5+. The van der Waals surface area contributed by atoms with Crippen molar-refractivity contribution in [2.24, 2.45) is 5.10 Å². The van der Waals surface area contributed by atoms with Crippen molar-refractivity contribution in [2.75, 3.05) is 0 Å². The van der Waals surface area contributed by atoms with Gasteiger partial charge in [-0.2, -0.15) is 0 Å². The van der Waals surface area contributed by atoms with E-state index in [4.69, 9.17) is 4.98 Å².